The number of nitrogens with zero attached hydrogens (tertiary/aromatic N) is 2. The Morgan fingerprint density at radius 2 is 2.04 bits per heavy atom. The molecule has 9 heteroatoms. The SMILES string of the molecule is CCN(c1ccc(NC(=O)c2ccc(F)c(F)c2)nc1)C1CCS(=O)(=O)C1. The van der Waals surface area contributed by atoms with Gasteiger partial charge in [-0.15, -0.1) is 0 Å². The zero-order valence-electron chi connectivity index (χ0n) is 14.7. The minimum Gasteiger partial charge on any atom is -0.367 e. The van der Waals surface area contributed by atoms with Crippen LogP contribution in [0.3, 0.4) is 0 Å². The highest BCUT2D eigenvalue weighted by Gasteiger charge is 2.31. The number of sulfone groups is 1. The Morgan fingerprint density at radius 1 is 1.26 bits per heavy atom. The van der Waals surface area contributed by atoms with Crippen molar-refractivity contribution in [2.24, 2.45) is 0 Å². The Hall–Kier alpha value is -2.55. The number of nitrogens with one attached hydrogen (secondary N) is 1. The fourth-order valence-corrected chi connectivity index (χ4v) is 4.86. The van der Waals surface area contributed by atoms with Gasteiger partial charge in [-0.25, -0.2) is 22.2 Å². The molecule has 1 amide bonds. The summed E-state index contributed by atoms with van der Waals surface area (Å²) >= 11 is 0. The number of rotatable bonds is 5. The summed E-state index contributed by atoms with van der Waals surface area (Å²) in [5.74, 6) is -2.18. The van der Waals surface area contributed by atoms with E-state index in [-0.39, 0.29) is 28.9 Å². The molecule has 1 fully saturated rings. The second-order valence-electron chi connectivity index (χ2n) is 6.33. The average Bonchev–Trinajstić information content (AvgIpc) is 2.99. The molecule has 0 aliphatic carbocycles. The normalized spacial score (nSPS) is 18.3. The van der Waals surface area contributed by atoms with Crippen LogP contribution < -0.4 is 10.2 Å². The highest BCUT2D eigenvalue weighted by atomic mass is 32.2. The zero-order chi connectivity index (χ0) is 19.6. The first kappa shape index (κ1) is 19.2. The first-order valence-corrected chi connectivity index (χ1v) is 10.3. The van der Waals surface area contributed by atoms with Crippen molar-refractivity contribution < 1.29 is 22.0 Å². The van der Waals surface area contributed by atoms with Crippen LogP contribution in [0.15, 0.2) is 36.5 Å². The summed E-state index contributed by atoms with van der Waals surface area (Å²) in [6.07, 6.45) is 2.13. The molecular weight excluding hydrogens is 376 g/mol. The molecule has 2 aromatic rings. The van der Waals surface area contributed by atoms with Gasteiger partial charge in [-0.2, -0.15) is 0 Å². The number of carbonyl (C=O) groups excluding carboxylic acids is 1. The van der Waals surface area contributed by atoms with E-state index >= 15 is 0 Å². The van der Waals surface area contributed by atoms with Crippen molar-refractivity contribution in [2.45, 2.75) is 19.4 Å². The summed E-state index contributed by atoms with van der Waals surface area (Å²) in [6, 6.07) is 6.11. The summed E-state index contributed by atoms with van der Waals surface area (Å²) < 4.78 is 49.6. The standard InChI is InChI=1S/C18H19F2N3O3S/c1-2-23(14-7-8-27(25,26)11-14)13-4-6-17(21-10-13)22-18(24)12-3-5-15(19)16(20)9-12/h3-6,9-10,14H,2,7-8,11H2,1H3,(H,21,22,24). The van der Waals surface area contributed by atoms with Crippen molar-refractivity contribution in [3.05, 3.63) is 53.7 Å². The summed E-state index contributed by atoms with van der Waals surface area (Å²) in [5, 5.41) is 2.52. The fourth-order valence-electron chi connectivity index (χ4n) is 3.13. The molecule has 1 aromatic carbocycles. The molecule has 1 unspecified atom stereocenters. The van der Waals surface area contributed by atoms with Gasteiger partial charge in [0.1, 0.15) is 5.82 Å². The molecule has 1 aromatic heterocycles. The van der Waals surface area contributed by atoms with Gasteiger partial charge >= 0.3 is 0 Å². The largest absolute Gasteiger partial charge is 0.367 e. The number of aromatic nitrogens is 1. The van der Waals surface area contributed by atoms with Gasteiger partial charge in [-0.05, 0) is 43.7 Å². The molecule has 1 N–H and O–H groups in total. The van der Waals surface area contributed by atoms with Crippen molar-refractivity contribution in [3.63, 3.8) is 0 Å². The first-order chi connectivity index (χ1) is 12.8. The Bertz CT molecular complexity index is 949. The summed E-state index contributed by atoms with van der Waals surface area (Å²) in [6.45, 7) is 2.56. The van der Waals surface area contributed by atoms with Crippen LogP contribution in [0.2, 0.25) is 0 Å². The number of anilines is 2. The van der Waals surface area contributed by atoms with E-state index in [1.807, 2.05) is 11.8 Å². The topological polar surface area (TPSA) is 79.4 Å². The smallest absolute Gasteiger partial charge is 0.256 e. The van der Waals surface area contributed by atoms with Crippen LogP contribution in [-0.2, 0) is 9.84 Å². The Balaban J connectivity index is 1.71. The lowest BCUT2D eigenvalue weighted by Crippen LogP contribution is -2.36. The molecule has 3 rings (SSSR count). The molecule has 1 atom stereocenters. The molecule has 1 saturated heterocycles. The number of benzene rings is 1. The van der Waals surface area contributed by atoms with Gasteiger partial charge in [0.05, 0.1) is 23.4 Å². The van der Waals surface area contributed by atoms with Crippen molar-refractivity contribution in [1.82, 2.24) is 4.98 Å². The average molecular weight is 395 g/mol. The Morgan fingerprint density at radius 3 is 2.59 bits per heavy atom. The predicted octanol–water partition coefficient (Wildman–Crippen LogP) is 2.63. The lowest BCUT2D eigenvalue weighted by molar-refractivity contribution is 0.102. The van der Waals surface area contributed by atoms with Crippen molar-refractivity contribution in [1.29, 1.82) is 0 Å². The number of amides is 1. The maximum absolute atomic E-state index is 13.2. The van der Waals surface area contributed by atoms with E-state index < -0.39 is 27.4 Å². The fraction of sp³-hybridized carbons (Fsp3) is 0.333. The summed E-state index contributed by atoms with van der Waals surface area (Å²) in [4.78, 5) is 18.3. The van der Waals surface area contributed by atoms with Gasteiger partial charge in [0, 0.05) is 18.2 Å². The van der Waals surface area contributed by atoms with Gasteiger partial charge in [-0.1, -0.05) is 0 Å². The van der Waals surface area contributed by atoms with E-state index in [0.29, 0.717) is 13.0 Å². The third-order valence-electron chi connectivity index (χ3n) is 4.49. The molecule has 0 bridgehead atoms. The number of hydrogen-bond acceptors (Lipinski definition) is 5. The van der Waals surface area contributed by atoms with Gasteiger partial charge in [0.2, 0.25) is 0 Å². The van der Waals surface area contributed by atoms with Crippen molar-refractivity contribution >= 4 is 27.2 Å². The van der Waals surface area contributed by atoms with Crippen LogP contribution in [0.5, 0.6) is 0 Å². The molecule has 1 aliphatic heterocycles. The molecule has 144 valence electrons. The molecular formula is C18H19F2N3O3S. The number of hydrogen-bond donors (Lipinski definition) is 1. The second-order valence-corrected chi connectivity index (χ2v) is 8.56. The predicted molar refractivity (Wildman–Crippen MR) is 98.6 cm³/mol. The van der Waals surface area contributed by atoms with E-state index in [2.05, 4.69) is 10.3 Å². The summed E-state index contributed by atoms with van der Waals surface area (Å²) in [7, 11) is -3.00. The van der Waals surface area contributed by atoms with Crippen LogP contribution in [0.4, 0.5) is 20.3 Å². The Labute approximate surface area is 156 Å². The third kappa shape index (κ3) is 4.41. The van der Waals surface area contributed by atoms with Crippen LogP contribution in [0, 0.1) is 11.6 Å². The molecule has 0 saturated carbocycles. The quantitative estimate of drug-likeness (QED) is 0.842. The van der Waals surface area contributed by atoms with Crippen LogP contribution in [0.25, 0.3) is 0 Å². The lowest BCUT2D eigenvalue weighted by Gasteiger charge is -2.28. The van der Waals surface area contributed by atoms with Gasteiger partial charge < -0.3 is 10.2 Å². The maximum Gasteiger partial charge on any atom is 0.256 e. The first-order valence-electron chi connectivity index (χ1n) is 8.48. The van der Waals surface area contributed by atoms with E-state index in [9.17, 15) is 22.0 Å². The zero-order valence-corrected chi connectivity index (χ0v) is 15.5. The van der Waals surface area contributed by atoms with Crippen LogP contribution in [0.1, 0.15) is 23.7 Å². The molecule has 6 nitrogen and oxygen atoms in total. The monoisotopic (exact) mass is 395 g/mol. The molecule has 0 radical (unpaired) electrons. The van der Waals surface area contributed by atoms with Crippen LogP contribution in [-0.4, -0.2) is 43.4 Å². The highest BCUT2D eigenvalue weighted by molar-refractivity contribution is 7.91. The highest BCUT2D eigenvalue weighted by Crippen LogP contribution is 2.24. The molecule has 2 heterocycles. The maximum atomic E-state index is 13.2. The van der Waals surface area contributed by atoms with Gasteiger partial charge in [-0.3, -0.25) is 4.79 Å². The van der Waals surface area contributed by atoms with Gasteiger partial charge in [0.15, 0.2) is 21.5 Å². The lowest BCUT2D eigenvalue weighted by atomic mass is 10.2. The minimum atomic E-state index is -3.00. The number of pyridine rings is 1. The molecule has 1 aliphatic rings. The van der Waals surface area contributed by atoms with Crippen molar-refractivity contribution in [2.75, 3.05) is 28.3 Å². The van der Waals surface area contributed by atoms with Crippen molar-refractivity contribution in [3.8, 4) is 0 Å². The van der Waals surface area contributed by atoms with E-state index in [4.69, 9.17) is 0 Å². The minimum absolute atomic E-state index is 0.0221. The van der Waals surface area contributed by atoms with E-state index in [1.165, 1.54) is 6.07 Å². The Kier molecular flexibility index (Phi) is 5.41. The third-order valence-corrected chi connectivity index (χ3v) is 6.24. The van der Waals surface area contributed by atoms with E-state index in [0.717, 1.165) is 17.8 Å². The summed E-state index contributed by atoms with van der Waals surface area (Å²) in [5.41, 5.74) is 0.733. The second kappa shape index (κ2) is 7.59. The molecule has 0 spiro atoms. The van der Waals surface area contributed by atoms with Gasteiger partial charge in [0.25, 0.3) is 5.91 Å². The number of halogens is 2. The molecule has 27 heavy (non-hydrogen) atoms. The van der Waals surface area contributed by atoms with E-state index in [1.54, 1.807) is 18.3 Å². The van der Waals surface area contributed by atoms with Crippen LogP contribution >= 0.6 is 0 Å². The number of carbonyl (C=O) groups is 1.